The summed E-state index contributed by atoms with van der Waals surface area (Å²) in [5.74, 6) is 0. The molecule has 0 bridgehead atoms. The van der Waals surface area contributed by atoms with Crippen molar-refractivity contribution in [2.45, 2.75) is 6.92 Å². The molecule has 20 heavy (non-hydrogen) atoms. The van der Waals surface area contributed by atoms with Crippen molar-refractivity contribution in [2.24, 2.45) is 0 Å². The lowest BCUT2D eigenvalue weighted by molar-refractivity contribution is 1.02. The molecule has 1 nitrogen and oxygen atoms in total. The second-order valence-electron chi connectivity index (χ2n) is 4.63. The van der Waals surface area contributed by atoms with Crippen molar-refractivity contribution >= 4 is 23.2 Å². The third kappa shape index (κ3) is 2.24. The van der Waals surface area contributed by atoms with Crippen LogP contribution in [0.1, 0.15) is 5.69 Å². The molecule has 0 aliphatic carbocycles. The number of halogens is 2. The lowest BCUT2D eigenvalue weighted by Crippen LogP contribution is -2.00. The average Bonchev–Trinajstić information content (AvgIpc) is 2.85. The fraction of sp³-hybridized carbons (Fsp3) is 0.0588. The summed E-state index contributed by atoms with van der Waals surface area (Å²) in [6.07, 6.45) is 0. The van der Waals surface area contributed by atoms with Gasteiger partial charge >= 0.3 is 0 Å². The molecule has 0 amide bonds. The van der Waals surface area contributed by atoms with Gasteiger partial charge in [-0.2, -0.15) is 0 Å². The van der Waals surface area contributed by atoms with Gasteiger partial charge in [0.05, 0.1) is 21.4 Å². The van der Waals surface area contributed by atoms with Crippen molar-refractivity contribution in [2.75, 3.05) is 0 Å². The Morgan fingerprint density at radius 2 is 1.55 bits per heavy atom. The van der Waals surface area contributed by atoms with Gasteiger partial charge in [0.2, 0.25) is 0 Å². The molecule has 1 aromatic heterocycles. The number of benzene rings is 2. The van der Waals surface area contributed by atoms with Crippen LogP contribution in [0.25, 0.3) is 16.9 Å². The smallest absolute Gasteiger partial charge is 0.0832 e. The maximum Gasteiger partial charge on any atom is 0.0832 e. The summed E-state index contributed by atoms with van der Waals surface area (Å²) in [6.45, 7) is 2.06. The van der Waals surface area contributed by atoms with Crippen molar-refractivity contribution in [3.8, 4) is 16.9 Å². The topological polar surface area (TPSA) is 4.93 Å². The first-order valence-corrected chi connectivity index (χ1v) is 7.12. The van der Waals surface area contributed by atoms with Crippen LogP contribution in [0.2, 0.25) is 10.0 Å². The second kappa shape index (κ2) is 5.35. The first-order valence-electron chi connectivity index (χ1n) is 6.36. The van der Waals surface area contributed by atoms with Crippen LogP contribution < -0.4 is 0 Å². The minimum Gasteiger partial charge on any atom is -0.312 e. The Bertz CT molecular complexity index is 745. The van der Waals surface area contributed by atoms with Gasteiger partial charge in [0, 0.05) is 5.69 Å². The highest BCUT2D eigenvalue weighted by molar-refractivity contribution is 6.43. The van der Waals surface area contributed by atoms with E-state index in [2.05, 4.69) is 35.8 Å². The first kappa shape index (κ1) is 13.3. The van der Waals surface area contributed by atoms with Crippen molar-refractivity contribution in [3.63, 3.8) is 0 Å². The molecule has 0 saturated heterocycles. The molecule has 3 rings (SSSR count). The predicted molar refractivity (Wildman–Crippen MR) is 86.0 cm³/mol. The van der Waals surface area contributed by atoms with Crippen LogP contribution in [0.5, 0.6) is 0 Å². The van der Waals surface area contributed by atoms with Gasteiger partial charge in [-0.3, -0.25) is 0 Å². The predicted octanol–water partition coefficient (Wildman–Crippen LogP) is 5.76. The largest absolute Gasteiger partial charge is 0.312 e. The molecule has 0 spiro atoms. The van der Waals surface area contributed by atoms with Gasteiger partial charge in [0.15, 0.2) is 0 Å². The van der Waals surface area contributed by atoms with E-state index in [0.29, 0.717) is 10.0 Å². The Hall–Kier alpha value is -1.70. The fourth-order valence-electron chi connectivity index (χ4n) is 2.36. The lowest BCUT2D eigenvalue weighted by Gasteiger charge is -2.14. The minimum absolute atomic E-state index is 0.566. The van der Waals surface area contributed by atoms with E-state index in [1.807, 2.05) is 30.3 Å². The number of aromatic nitrogens is 1. The number of hydrogen-bond donors (Lipinski definition) is 0. The third-order valence-electron chi connectivity index (χ3n) is 3.32. The van der Waals surface area contributed by atoms with E-state index >= 15 is 0 Å². The Labute approximate surface area is 128 Å². The highest BCUT2D eigenvalue weighted by Gasteiger charge is 2.13. The number of nitrogens with zero attached hydrogens (tertiary/aromatic N) is 1. The average molecular weight is 302 g/mol. The summed E-state index contributed by atoms with van der Waals surface area (Å²) in [6, 6.07) is 20.1. The summed E-state index contributed by atoms with van der Waals surface area (Å²) in [4.78, 5) is 0. The Morgan fingerprint density at radius 3 is 2.30 bits per heavy atom. The van der Waals surface area contributed by atoms with Gasteiger partial charge in [-0.1, -0.05) is 59.6 Å². The zero-order chi connectivity index (χ0) is 14.1. The zero-order valence-corrected chi connectivity index (χ0v) is 12.5. The van der Waals surface area contributed by atoms with Crippen LogP contribution in [0, 0.1) is 6.92 Å². The monoisotopic (exact) mass is 301 g/mol. The van der Waals surface area contributed by atoms with Crippen LogP contribution >= 0.6 is 23.2 Å². The lowest BCUT2D eigenvalue weighted by atomic mass is 10.1. The van der Waals surface area contributed by atoms with Gasteiger partial charge in [-0.15, -0.1) is 0 Å². The maximum absolute atomic E-state index is 6.36. The maximum atomic E-state index is 6.36. The molecule has 0 fully saturated rings. The Morgan fingerprint density at radius 1 is 0.800 bits per heavy atom. The highest BCUT2D eigenvalue weighted by atomic mass is 35.5. The van der Waals surface area contributed by atoms with E-state index in [4.69, 9.17) is 23.2 Å². The SMILES string of the molecule is Cc1ccc(-c2ccccc2)n1-c1cccc(Cl)c1Cl. The van der Waals surface area contributed by atoms with Crippen LogP contribution in [0.15, 0.2) is 60.7 Å². The van der Waals surface area contributed by atoms with Gasteiger partial charge in [0.1, 0.15) is 0 Å². The highest BCUT2D eigenvalue weighted by Crippen LogP contribution is 2.33. The molecular formula is C17H13Cl2N. The molecule has 0 aliphatic rings. The fourth-order valence-corrected chi connectivity index (χ4v) is 2.74. The summed E-state index contributed by atoms with van der Waals surface area (Å²) in [5, 5.41) is 1.14. The van der Waals surface area contributed by atoms with E-state index in [1.165, 1.54) is 0 Å². The second-order valence-corrected chi connectivity index (χ2v) is 5.42. The summed E-state index contributed by atoms with van der Waals surface area (Å²) >= 11 is 12.5. The molecule has 0 N–H and O–H groups in total. The first-order chi connectivity index (χ1) is 9.68. The number of hydrogen-bond acceptors (Lipinski definition) is 0. The third-order valence-corrected chi connectivity index (χ3v) is 4.13. The van der Waals surface area contributed by atoms with E-state index in [9.17, 15) is 0 Å². The van der Waals surface area contributed by atoms with E-state index in [0.717, 1.165) is 22.6 Å². The summed E-state index contributed by atoms with van der Waals surface area (Å²) < 4.78 is 2.13. The summed E-state index contributed by atoms with van der Waals surface area (Å²) in [7, 11) is 0. The molecule has 0 radical (unpaired) electrons. The molecule has 2 aromatic carbocycles. The molecule has 0 atom stereocenters. The van der Waals surface area contributed by atoms with Crippen LogP contribution in [0.4, 0.5) is 0 Å². The van der Waals surface area contributed by atoms with Gasteiger partial charge in [-0.05, 0) is 36.8 Å². The van der Waals surface area contributed by atoms with Gasteiger partial charge < -0.3 is 4.57 Å². The number of rotatable bonds is 2. The minimum atomic E-state index is 0.566. The molecule has 0 unspecified atom stereocenters. The van der Waals surface area contributed by atoms with E-state index in [-0.39, 0.29) is 0 Å². The molecular weight excluding hydrogens is 289 g/mol. The van der Waals surface area contributed by atoms with E-state index in [1.54, 1.807) is 6.07 Å². The van der Waals surface area contributed by atoms with Crippen LogP contribution in [-0.4, -0.2) is 4.57 Å². The van der Waals surface area contributed by atoms with Crippen molar-refractivity contribution in [3.05, 3.63) is 76.4 Å². The Balaban J connectivity index is 2.25. The van der Waals surface area contributed by atoms with Gasteiger partial charge in [0.25, 0.3) is 0 Å². The number of aryl methyl sites for hydroxylation is 1. The van der Waals surface area contributed by atoms with Gasteiger partial charge in [-0.25, -0.2) is 0 Å². The quantitative estimate of drug-likeness (QED) is 0.567. The molecule has 3 heteroatoms. The van der Waals surface area contributed by atoms with Crippen molar-refractivity contribution in [1.82, 2.24) is 4.57 Å². The van der Waals surface area contributed by atoms with Crippen LogP contribution in [0.3, 0.4) is 0 Å². The van der Waals surface area contributed by atoms with Crippen molar-refractivity contribution in [1.29, 1.82) is 0 Å². The van der Waals surface area contributed by atoms with Crippen LogP contribution in [-0.2, 0) is 0 Å². The zero-order valence-electron chi connectivity index (χ0n) is 11.0. The van der Waals surface area contributed by atoms with Crippen molar-refractivity contribution < 1.29 is 0 Å². The molecule has 0 aliphatic heterocycles. The molecule has 0 saturated carbocycles. The molecule has 3 aromatic rings. The summed E-state index contributed by atoms with van der Waals surface area (Å²) in [5.41, 5.74) is 4.28. The molecule has 1 heterocycles. The van der Waals surface area contributed by atoms with E-state index < -0.39 is 0 Å². The standard InChI is InChI=1S/C17H13Cl2N/c1-12-10-11-15(13-6-3-2-4-7-13)20(12)16-9-5-8-14(18)17(16)19/h2-11H,1H3. The normalized spacial score (nSPS) is 10.8. The molecule has 100 valence electrons. The Kier molecular flexibility index (Phi) is 3.56.